The summed E-state index contributed by atoms with van der Waals surface area (Å²) in [5, 5.41) is 9.66. The number of halogens is 3. The fourth-order valence-corrected chi connectivity index (χ4v) is 5.10. The van der Waals surface area contributed by atoms with Gasteiger partial charge in [0.05, 0.1) is 30.1 Å². The summed E-state index contributed by atoms with van der Waals surface area (Å²) >= 11 is 0. The number of pyridine rings is 2. The van der Waals surface area contributed by atoms with Crippen molar-refractivity contribution in [3.63, 3.8) is 0 Å². The number of aryl methyl sites for hydroxylation is 1. The molecule has 0 saturated heterocycles. The first-order valence-electron chi connectivity index (χ1n) is 14.4. The van der Waals surface area contributed by atoms with Crippen LogP contribution >= 0.6 is 0 Å². The van der Waals surface area contributed by atoms with E-state index in [9.17, 15) is 27.9 Å². The number of nitrogens with zero attached hydrogens (tertiary/aromatic N) is 3. The van der Waals surface area contributed by atoms with E-state index in [1.807, 2.05) is 36.4 Å². The number of aromatic nitrogens is 2. The number of amides is 1. The minimum Gasteiger partial charge on any atom is -0.481 e. The summed E-state index contributed by atoms with van der Waals surface area (Å²) in [6.45, 7) is 6.60. The molecule has 5 rings (SSSR count). The summed E-state index contributed by atoms with van der Waals surface area (Å²) in [7, 11) is 1.46. The third-order valence-corrected chi connectivity index (χ3v) is 8.07. The summed E-state index contributed by atoms with van der Waals surface area (Å²) in [5.74, 6) is -2.31. The van der Waals surface area contributed by atoms with Gasteiger partial charge in [0.25, 0.3) is 5.91 Å². The predicted octanol–water partition coefficient (Wildman–Crippen LogP) is 7.74. The van der Waals surface area contributed by atoms with Crippen molar-refractivity contribution in [3.8, 4) is 17.0 Å². The second kappa shape index (κ2) is 12.3. The molecule has 0 radical (unpaired) electrons. The Labute approximate surface area is 263 Å². The molecule has 0 aliphatic carbocycles. The average molecular weight is 632 g/mol. The molecule has 46 heavy (non-hydrogen) atoms. The number of carboxylic acid groups (broad SMARTS) is 1. The van der Waals surface area contributed by atoms with E-state index < -0.39 is 29.2 Å². The molecule has 0 bridgehead atoms. The largest absolute Gasteiger partial charge is 0.481 e. The van der Waals surface area contributed by atoms with Crippen LogP contribution in [0.1, 0.15) is 58.1 Å². The first-order valence-corrected chi connectivity index (χ1v) is 14.4. The highest BCUT2D eigenvalue weighted by Crippen LogP contribution is 2.33. The topological polar surface area (TPSA) is 106 Å². The van der Waals surface area contributed by atoms with Gasteiger partial charge in [-0.05, 0) is 73.7 Å². The molecule has 3 heterocycles. The highest BCUT2D eigenvalue weighted by molar-refractivity contribution is 6.06. The number of alkyl halides is 3. The van der Waals surface area contributed by atoms with E-state index in [0.717, 1.165) is 17.2 Å². The van der Waals surface area contributed by atoms with E-state index in [0.29, 0.717) is 33.4 Å². The Hall–Kier alpha value is -5.19. The first kappa shape index (κ1) is 32.2. The normalized spacial score (nSPS) is 11.9. The fraction of sp³-hybridized carbons (Fsp3) is 0.257. The van der Waals surface area contributed by atoms with Crippen molar-refractivity contribution in [1.82, 2.24) is 14.9 Å². The molecule has 8 nitrogen and oxygen atoms in total. The number of hydrogen-bond donors (Lipinski definition) is 1. The maximum absolute atomic E-state index is 14.3. The Morgan fingerprint density at radius 2 is 1.63 bits per heavy atom. The summed E-state index contributed by atoms with van der Waals surface area (Å²) in [4.78, 5) is 36.6. The van der Waals surface area contributed by atoms with Gasteiger partial charge in [-0.15, -0.1) is 0 Å². The lowest BCUT2D eigenvalue weighted by molar-refractivity contribution is -0.153. The van der Waals surface area contributed by atoms with Crippen LogP contribution in [-0.2, 0) is 29.5 Å². The van der Waals surface area contributed by atoms with Gasteiger partial charge in [-0.1, -0.05) is 48.5 Å². The van der Waals surface area contributed by atoms with Crippen LogP contribution in [-0.4, -0.2) is 39.0 Å². The molecular formula is C35H32F3N3O5. The summed E-state index contributed by atoms with van der Waals surface area (Å²) in [6, 6.07) is 20.0. The van der Waals surface area contributed by atoms with Gasteiger partial charge < -0.3 is 19.2 Å². The molecular weight excluding hydrogens is 599 g/mol. The SMILES string of the molecule is COc1ccc2nc(C)c(C)c(C(=O)N(Cc3ccc(-c4cccc(C(C)(C)C(=O)O)c4)cc3)Cc3ccc(C(F)(F)F)o3)c2n1. The van der Waals surface area contributed by atoms with Gasteiger partial charge >= 0.3 is 12.1 Å². The monoisotopic (exact) mass is 631 g/mol. The molecule has 2 aromatic carbocycles. The number of rotatable bonds is 9. The number of methoxy groups -OCH3 is 1. The van der Waals surface area contributed by atoms with E-state index in [1.54, 1.807) is 52.0 Å². The molecule has 0 atom stereocenters. The van der Waals surface area contributed by atoms with Crippen LogP contribution in [0.4, 0.5) is 13.2 Å². The summed E-state index contributed by atoms with van der Waals surface area (Å²) in [5.41, 5.74) is 4.16. The molecule has 1 N–H and O–H groups in total. The maximum Gasteiger partial charge on any atom is 0.449 e. The molecule has 3 aromatic heterocycles. The van der Waals surface area contributed by atoms with Crippen LogP contribution in [0.3, 0.4) is 0 Å². The fourth-order valence-electron chi connectivity index (χ4n) is 5.10. The van der Waals surface area contributed by atoms with Crippen molar-refractivity contribution in [3.05, 3.63) is 112 Å². The lowest BCUT2D eigenvalue weighted by Crippen LogP contribution is -2.31. The number of aliphatic carboxylic acids is 1. The van der Waals surface area contributed by atoms with Crippen LogP contribution in [0.5, 0.6) is 5.88 Å². The molecule has 11 heteroatoms. The van der Waals surface area contributed by atoms with Gasteiger partial charge in [-0.3, -0.25) is 14.6 Å². The van der Waals surface area contributed by atoms with Crippen molar-refractivity contribution < 1.29 is 37.0 Å². The Morgan fingerprint density at radius 1 is 0.913 bits per heavy atom. The maximum atomic E-state index is 14.3. The third kappa shape index (κ3) is 6.44. The van der Waals surface area contributed by atoms with Crippen molar-refractivity contribution in [2.45, 2.75) is 52.4 Å². The van der Waals surface area contributed by atoms with Crippen molar-refractivity contribution in [2.24, 2.45) is 0 Å². The minimum atomic E-state index is -4.67. The highest BCUT2D eigenvalue weighted by atomic mass is 19.4. The van der Waals surface area contributed by atoms with E-state index in [-0.39, 0.29) is 30.3 Å². The summed E-state index contributed by atoms with van der Waals surface area (Å²) < 4.78 is 50.4. The van der Waals surface area contributed by atoms with Gasteiger partial charge in [0, 0.05) is 18.3 Å². The number of carboxylic acids is 1. The first-order chi connectivity index (χ1) is 21.7. The number of hydrogen-bond acceptors (Lipinski definition) is 6. The number of benzene rings is 2. The zero-order valence-corrected chi connectivity index (χ0v) is 25.9. The molecule has 1 amide bonds. The van der Waals surface area contributed by atoms with Crippen LogP contribution < -0.4 is 4.74 Å². The molecule has 5 aromatic rings. The third-order valence-electron chi connectivity index (χ3n) is 8.07. The van der Waals surface area contributed by atoms with E-state index in [1.165, 1.54) is 18.1 Å². The number of ether oxygens (including phenoxy) is 1. The molecule has 0 saturated carbocycles. The van der Waals surface area contributed by atoms with Crippen molar-refractivity contribution in [1.29, 1.82) is 0 Å². The quantitative estimate of drug-likeness (QED) is 0.177. The van der Waals surface area contributed by atoms with E-state index in [2.05, 4.69) is 9.97 Å². The zero-order valence-electron chi connectivity index (χ0n) is 25.9. The second-order valence-electron chi connectivity index (χ2n) is 11.6. The number of furan rings is 1. The van der Waals surface area contributed by atoms with Gasteiger partial charge in [0.2, 0.25) is 11.6 Å². The standard InChI is InChI=1S/C35H32F3N3O5/c1-20-21(2)39-27-14-16-29(45-5)40-31(27)30(20)32(42)41(19-26-13-15-28(46-26)35(36,37)38)18-22-9-11-23(12-10-22)24-7-6-8-25(17-24)34(3,4)33(43)44/h6-17H,18-19H2,1-5H3,(H,43,44). The van der Waals surface area contributed by atoms with Crippen LogP contribution in [0.2, 0.25) is 0 Å². The Morgan fingerprint density at radius 3 is 2.26 bits per heavy atom. The van der Waals surface area contributed by atoms with Crippen LogP contribution in [0.15, 0.2) is 77.2 Å². The van der Waals surface area contributed by atoms with Gasteiger partial charge in [-0.2, -0.15) is 13.2 Å². The number of carbonyl (C=O) groups is 2. The second-order valence-corrected chi connectivity index (χ2v) is 11.6. The average Bonchev–Trinajstić information content (AvgIpc) is 3.51. The molecule has 238 valence electrons. The lowest BCUT2D eigenvalue weighted by atomic mass is 9.83. The highest BCUT2D eigenvalue weighted by Gasteiger charge is 2.35. The minimum absolute atomic E-state index is 0.0339. The Balaban J connectivity index is 1.52. The summed E-state index contributed by atoms with van der Waals surface area (Å²) in [6.07, 6.45) is -4.67. The lowest BCUT2D eigenvalue weighted by Gasteiger charge is -2.24. The molecule has 0 aliphatic rings. The van der Waals surface area contributed by atoms with Gasteiger partial charge in [-0.25, -0.2) is 4.98 Å². The van der Waals surface area contributed by atoms with E-state index >= 15 is 0 Å². The zero-order chi connectivity index (χ0) is 33.4. The van der Waals surface area contributed by atoms with Gasteiger partial charge in [0.1, 0.15) is 11.3 Å². The molecule has 0 spiro atoms. The number of carbonyl (C=O) groups excluding carboxylic acids is 1. The van der Waals surface area contributed by atoms with Crippen LogP contribution in [0.25, 0.3) is 22.2 Å². The van der Waals surface area contributed by atoms with Crippen molar-refractivity contribution in [2.75, 3.05) is 7.11 Å². The molecule has 0 aliphatic heterocycles. The van der Waals surface area contributed by atoms with Crippen LogP contribution in [0, 0.1) is 13.8 Å². The van der Waals surface area contributed by atoms with Crippen molar-refractivity contribution >= 4 is 22.9 Å². The number of fused-ring (bicyclic) bond motifs is 1. The molecule has 0 unspecified atom stereocenters. The Bertz CT molecular complexity index is 1930. The van der Waals surface area contributed by atoms with E-state index in [4.69, 9.17) is 9.15 Å². The Kier molecular flexibility index (Phi) is 8.62. The van der Waals surface area contributed by atoms with Gasteiger partial charge in [0.15, 0.2) is 0 Å². The molecule has 0 fully saturated rings. The smallest absolute Gasteiger partial charge is 0.449 e. The predicted molar refractivity (Wildman–Crippen MR) is 165 cm³/mol.